The lowest BCUT2D eigenvalue weighted by Gasteiger charge is -2.15. The lowest BCUT2D eigenvalue weighted by molar-refractivity contribution is 0.457. The summed E-state index contributed by atoms with van der Waals surface area (Å²) in [5.74, 6) is 0.862. The van der Waals surface area contributed by atoms with E-state index < -0.39 is 0 Å². The Kier molecular flexibility index (Phi) is 3.37. The summed E-state index contributed by atoms with van der Waals surface area (Å²) < 4.78 is 5.18. The Hall–Kier alpha value is -1.61. The Balaban J connectivity index is 1.98. The van der Waals surface area contributed by atoms with E-state index in [2.05, 4.69) is 48.4 Å². The van der Waals surface area contributed by atoms with Crippen LogP contribution in [-0.2, 0) is 6.54 Å². The van der Waals surface area contributed by atoms with Crippen molar-refractivity contribution in [1.82, 2.24) is 10.3 Å². The maximum absolute atomic E-state index is 5.18. The van der Waals surface area contributed by atoms with Crippen LogP contribution in [0.4, 0.5) is 0 Å². The van der Waals surface area contributed by atoms with Crippen LogP contribution in [0.15, 0.2) is 41.3 Å². The van der Waals surface area contributed by atoms with Crippen LogP contribution in [-0.4, -0.2) is 4.98 Å². The largest absolute Gasteiger partial charge is 0.447 e. The second kappa shape index (κ2) is 4.94. The normalized spacial score (nSPS) is 12.6. The quantitative estimate of drug-likeness (QED) is 0.854. The van der Waals surface area contributed by atoms with Gasteiger partial charge in [-0.25, -0.2) is 4.98 Å². The van der Waals surface area contributed by atoms with E-state index in [0.717, 1.165) is 5.76 Å². The fourth-order valence-electron chi connectivity index (χ4n) is 1.77. The fraction of sp³-hybridized carbons (Fsp3) is 0.308. The standard InChI is InChI=1S/C13H16N2O/c1-10-5-3-4-6-13(10)11(2)15-8-12-7-14-9-16-12/h3-7,9,11,15H,8H2,1-2H3. The molecule has 0 bridgehead atoms. The van der Waals surface area contributed by atoms with Crippen molar-refractivity contribution in [2.45, 2.75) is 26.4 Å². The molecular weight excluding hydrogens is 200 g/mol. The van der Waals surface area contributed by atoms with Crippen LogP contribution in [0.3, 0.4) is 0 Å². The van der Waals surface area contributed by atoms with Gasteiger partial charge in [0, 0.05) is 6.04 Å². The van der Waals surface area contributed by atoms with Crippen LogP contribution >= 0.6 is 0 Å². The van der Waals surface area contributed by atoms with Crippen molar-refractivity contribution in [2.75, 3.05) is 0 Å². The van der Waals surface area contributed by atoms with Crippen LogP contribution in [0.5, 0.6) is 0 Å². The van der Waals surface area contributed by atoms with Crippen molar-refractivity contribution >= 4 is 0 Å². The van der Waals surface area contributed by atoms with Gasteiger partial charge < -0.3 is 9.73 Å². The molecule has 3 heteroatoms. The molecule has 1 aromatic heterocycles. The average Bonchev–Trinajstić information content (AvgIpc) is 2.79. The third-order valence-electron chi connectivity index (χ3n) is 2.72. The highest BCUT2D eigenvalue weighted by atomic mass is 16.3. The summed E-state index contributed by atoms with van der Waals surface area (Å²) in [6.45, 7) is 4.98. The highest BCUT2D eigenvalue weighted by Crippen LogP contribution is 2.16. The number of nitrogens with zero attached hydrogens (tertiary/aromatic N) is 1. The molecule has 2 aromatic rings. The Labute approximate surface area is 95.5 Å². The Morgan fingerprint density at radius 1 is 1.38 bits per heavy atom. The van der Waals surface area contributed by atoms with Gasteiger partial charge in [-0.1, -0.05) is 24.3 Å². The van der Waals surface area contributed by atoms with Gasteiger partial charge in [-0.05, 0) is 25.0 Å². The molecule has 0 amide bonds. The molecule has 2 rings (SSSR count). The molecule has 0 saturated carbocycles. The van der Waals surface area contributed by atoms with Gasteiger partial charge in [0.25, 0.3) is 0 Å². The van der Waals surface area contributed by atoms with Gasteiger partial charge in [0.2, 0.25) is 0 Å². The predicted molar refractivity (Wildman–Crippen MR) is 62.9 cm³/mol. The van der Waals surface area contributed by atoms with Crippen molar-refractivity contribution in [3.05, 3.63) is 53.7 Å². The zero-order valence-electron chi connectivity index (χ0n) is 9.60. The van der Waals surface area contributed by atoms with E-state index >= 15 is 0 Å². The fourth-order valence-corrected chi connectivity index (χ4v) is 1.77. The van der Waals surface area contributed by atoms with E-state index in [1.807, 2.05) is 0 Å². The molecule has 1 atom stereocenters. The maximum atomic E-state index is 5.18. The van der Waals surface area contributed by atoms with Crippen molar-refractivity contribution < 1.29 is 4.42 Å². The van der Waals surface area contributed by atoms with Crippen molar-refractivity contribution in [3.8, 4) is 0 Å². The lowest BCUT2D eigenvalue weighted by atomic mass is 10.0. The minimum Gasteiger partial charge on any atom is -0.447 e. The Morgan fingerprint density at radius 3 is 2.88 bits per heavy atom. The number of rotatable bonds is 4. The molecule has 1 aromatic carbocycles. The minimum atomic E-state index is 0.311. The molecule has 84 valence electrons. The molecule has 1 N–H and O–H groups in total. The summed E-state index contributed by atoms with van der Waals surface area (Å²) in [6.07, 6.45) is 3.19. The van der Waals surface area contributed by atoms with Gasteiger partial charge in [-0.2, -0.15) is 0 Å². The number of aromatic nitrogens is 1. The predicted octanol–water partition coefficient (Wildman–Crippen LogP) is 2.83. The van der Waals surface area contributed by atoms with Crippen LogP contribution in [0.1, 0.15) is 29.9 Å². The van der Waals surface area contributed by atoms with E-state index in [9.17, 15) is 0 Å². The topological polar surface area (TPSA) is 38.1 Å². The van der Waals surface area contributed by atoms with Crippen LogP contribution in [0.25, 0.3) is 0 Å². The van der Waals surface area contributed by atoms with E-state index in [4.69, 9.17) is 4.42 Å². The summed E-state index contributed by atoms with van der Waals surface area (Å²) in [6, 6.07) is 8.71. The van der Waals surface area contributed by atoms with Gasteiger partial charge in [0.05, 0.1) is 12.7 Å². The molecule has 0 aliphatic rings. The van der Waals surface area contributed by atoms with Crippen LogP contribution in [0, 0.1) is 6.92 Å². The number of aryl methyl sites for hydroxylation is 1. The number of oxazole rings is 1. The lowest BCUT2D eigenvalue weighted by Crippen LogP contribution is -2.18. The first kappa shape index (κ1) is 10.9. The Morgan fingerprint density at radius 2 is 2.19 bits per heavy atom. The molecule has 0 aliphatic carbocycles. The molecule has 0 fully saturated rings. The van der Waals surface area contributed by atoms with Crippen LogP contribution < -0.4 is 5.32 Å². The molecule has 3 nitrogen and oxygen atoms in total. The van der Waals surface area contributed by atoms with Crippen LogP contribution in [0.2, 0.25) is 0 Å². The monoisotopic (exact) mass is 216 g/mol. The molecule has 1 unspecified atom stereocenters. The summed E-state index contributed by atoms with van der Waals surface area (Å²) in [7, 11) is 0. The summed E-state index contributed by atoms with van der Waals surface area (Å²) >= 11 is 0. The second-order valence-electron chi connectivity index (χ2n) is 3.93. The molecule has 1 heterocycles. The third kappa shape index (κ3) is 2.49. The van der Waals surface area contributed by atoms with E-state index in [1.165, 1.54) is 17.5 Å². The number of benzene rings is 1. The first-order valence-corrected chi connectivity index (χ1v) is 5.43. The van der Waals surface area contributed by atoms with E-state index in [-0.39, 0.29) is 0 Å². The first-order chi connectivity index (χ1) is 7.77. The average molecular weight is 216 g/mol. The van der Waals surface area contributed by atoms with Gasteiger partial charge in [-0.3, -0.25) is 0 Å². The Bertz CT molecular complexity index is 437. The van der Waals surface area contributed by atoms with Crippen molar-refractivity contribution in [3.63, 3.8) is 0 Å². The van der Waals surface area contributed by atoms with Crippen molar-refractivity contribution in [2.24, 2.45) is 0 Å². The van der Waals surface area contributed by atoms with Gasteiger partial charge in [0.1, 0.15) is 5.76 Å². The molecule has 0 spiro atoms. The number of hydrogen-bond acceptors (Lipinski definition) is 3. The van der Waals surface area contributed by atoms with Crippen molar-refractivity contribution in [1.29, 1.82) is 0 Å². The van der Waals surface area contributed by atoms with Gasteiger partial charge >= 0.3 is 0 Å². The zero-order valence-corrected chi connectivity index (χ0v) is 9.60. The molecule has 16 heavy (non-hydrogen) atoms. The maximum Gasteiger partial charge on any atom is 0.180 e. The van der Waals surface area contributed by atoms with Gasteiger partial charge in [-0.15, -0.1) is 0 Å². The molecule has 0 saturated heterocycles. The summed E-state index contributed by atoms with van der Waals surface area (Å²) in [5, 5.41) is 3.41. The number of hydrogen-bond donors (Lipinski definition) is 1. The minimum absolute atomic E-state index is 0.311. The van der Waals surface area contributed by atoms with Gasteiger partial charge in [0.15, 0.2) is 6.39 Å². The van der Waals surface area contributed by atoms with E-state index in [0.29, 0.717) is 12.6 Å². The second-order valence-corrected chi connectivity index (χ2v) is 3.93. The summed E-state index contributed by atoms with van der Waals surface area (Å²) in [4.78, 5) is 3.88. The number of nitrogens with one attached hydrogen (secondary N) is 1. The third-order valence-corrected chi connectivity index (χ3v) is 2.72. The van der Waals surface area contributed by atoms with E-state index in [1.54, 1.807) is 6.20 Å². The SMILES string of the molecule is Cc1ccccc1C(C)NCc1cnco1. The molecule has 0 radical (unpaired) electrons. The first-order valence-electron chi connectivity index (χ1n) is 5.43. The zero-order chi connectivity index (χ0) is 11.4. The highest BCUT2D eigenvalue weighted by Gasteiger charge is 2.07. The molecule has 0 aliphatic heterocycles. The molecular formula is C13H16N2O. The smallest absolute Gasteiger partial charge is 0.180 e. The highest BCUT2D eigenvalue weighted by molar-refractivity contribution is 5.28. The summed E-state index contributed by atoms with van der Waals surface area (Å²) in [5.41, 5.74) is 2.63.